The van der Waals surface area contributed by atoms with Crippen LogP contribution >= 0.6 is 0 Å². The Hall–Kier alpha value is -4.28. The highest BCUT2D eigenvalue weighted by atomic mass is 16.5. The van der Waals surface area contributed by atoms with Crippen molar-refractivity contribution in [1.82, 2.24) is 29.9 Å². The van der Waals surface area contributed by atoms with E-state index < -0.39 is 0 Å². The molecule has 11 heteroatoms. The first-order valence-corrected chi connectivity index (χ1v) is 10.5. The molecule has 0 spiro atoms. The van der Waals surface area contributed by atoms with Gasteiger partial charge in [0.15, 0.2) is 11.3 Å². The number of rotatable bonds is 6. The number of nitrogen functional groups attached to an aromatic ring is 1. The maximum Gasteiger partial charge on any atom is 0.293 e. The highest BCUT2D eigenvalue weighted by Gasteiger charge is 2.25. The van der Waals surface area contributed by atoms with Crippen molar-refractivity contribution in [3.8, 4) is 17.0 Å². The van der Waals surface area contributed by atoms with E-state index in [-0.39, 0.29) is 18.4 Å². The van der Waals surface area contributed by atoms with Crippen molar-refractivity contribution in [3.63, 3.8) is 0 Å². The molecule has 3 N–H and O–H groups in total. The molecule has 1 aliphatic heterocycles. The van der Waals surface area contributed by atoms with Crippen molar-refractivity contribution < 1.29 is 14.6 Å². The molecule has 1 aromatic carbocycles. The number of para-hydroxylation sites is 1. The zero-order valence-electron chi connectivity index (χ0n) is 17.7. The number of anilines is 2. The van der Waals surface area contributed by atoms with Gasteiger partial charge in [-0.1, -0.05) is 12.1 Å². The lowest BCUT2D eigenvalue weighted by atomic mass is 10.1. The molecule has 0 amide bonds. The van der Waals surface area contributed by atoms with E-state index in [1.54, 1.807) is 30.6 Å². The lowest BCUT2D eigenvalue weighted by Gasteiger charge is -2.32. The van der Waals surface area contributed by atoms with Crippen LogP contribution in [0, 0.1) is 0 Å². The quantitative estimate of drug-likeness (QED) is 0.422. The Labute approximate surface area is 188 Å². The monoisotopic (exact) mass is 446 g/mol. The van der Waals surface area contributed by atoms with Crippen LogP contribution in [-0.2, 0) is 16.1 Å². The standard InChI is InChI=1S/C22H22N8O3/c23-21-20-18(9-17(26-27-20)16-3-1-2-4-19(16)32)30(28-21)15-5-7-29(8-6-15)22-24-10-14(11-25-22)12-33-13-31/h1-4,9-11,13,15,32H,5-8,12H2,(H2,23,28). The largest absolute Gasteiger partial charge is 0.507 e. The topological polar surface area (TPSA) is 145 Å². The second kappa shape index (κ2) is 8.69. The molecule has 1 saturated heterocycles. The lowest BCUT2D eigenvalue weighted by Crippen LogP contribution is -2.36. The van der Waals surface area contributed by atoms with Gasteiger partial charge in [-0.05, 0) is 31.0 Å². The molecule has 1 fully saturated rings. The molecule has 11 nitrogen and oxygen atoms in total. The van der Waals surface area contributed by atoms with Crippen molar-refractivity contribution in [2.45, 2.75) is 25.5 Å². The fourth-order valence-corrected chi connectivity index (χ4v) is 4.08. The normalized spacial score (nSPS) is 14.5. The summed E-state index contributed by atoms with van der Waals surface area (Å²) in [6, 6.07) is 9.01. The number of hydrogen-bond donors (Lipinski definition) is 2. The van der Waals surface area contributed by atoms with Gasteiger partial charge in [-0.2, -0.15) is 5.10 Å². The molecule has 0 saturated carbocycles. The molecule has 5 rings (SSSR count). The molecular weight excluding hydrogens is 424 g/mol. The zero-order chi connectivity index (χ0) is 22.8. The predicted octanol–water partition coefficient (Wildman–Crippen LogP) is 2.09. The molecule has 0 aliphatic carbocycles. The Balaban J connectivity index is 1.35. The molecule has 0 atom stereocenters. The van der Waals surface area contributed by atoms with Crippen LogP contribution in [0.15, 0.2) is 42.7 Å². The second-order valence-corrected chi connectivity index (χ2v) is 7.83. The van der Waals surface area contributed by atoms with Crippen LogP contribution in [0.3, 0.4) is 0 Å². The number of carbonyl (C=O) groups excluding carboxylic acids is 1. The minimum Gasteiger partial charge on any atom is -0.507 e. The highest BCUT2D eigenvalue weighted by molar-refractivity contribution is 5.87. The van der Waals surface area contributed by atoms with Crippen LogP contribution < -0.4 is 10.6 Å². The number of nitrogens with two attached hydrogens (primary N) is 1. The van der Waals surface area contributed by atoms with E-state index in [1.807, 2.05) is 16.8 Å². The number of carbonyl (C=O) groups is 1. The average molecular weight is 446 g/mol. The van der Waals surface area contributed by atoms with E-state index >= 15 is 0 Å². The van der Waals surface area contributed by atoms with Crippen LogP contribution in [0.5, 0.6) is 5.75 Å². The summed E-state index contributed by atoms with van der Waals surface area (Å²) >= 11 is 0. The Morgan fingerprint density at radius 3 is 2.64 bits per heavy atom. The number of phenolic OH excluding ortho intramolecular Hbond substituents is 1. The van der Waals surface area contributed by atoms with E-state index in [0.717, 1.165) is 37.0 Å². The summed E-state index contributed by atoms with van der Waals surface area (Å²) in [5.41, 5.74) is 9.36. The van der Waals surface area contributed by atoms with E-state index in [9.17, 15) is 9.90 Å². The first kappa shape index (κ1) is 20.6. The smallest absolute Gasteiger partial charge is 0.293 e. The number of benzene rings is 1. The highest BCUT2D eigenvalue weighted by Crippen LogP contribution is 2.32. The molecule has 4 heterocycles. The van der Waals surface area contributed by atoms with E-state index in [1.165, 1.54) is 0 Å². The average Bonchev–Trinajstić information content (AvgIpc) is 3.19. The van der Waals surface area contributed by atoms with Gasteiger partial charge in [-0.15, -0.1) is 10.2 Å². The van der Waals surface area contributed by atoms with Gasteiger partial charge in [-0.25, -0.2) is 9.97 Å². The molecule has 0 radical (unpaired) electrons. The molecule has 0 unspecified atom stereocenters. The molecule has 3 aromatic heterocycles. The third-order valence-corrected chi connectivity index (χ3v) is 5.76. The summed E-state index contributed by atoms with van der Waals surface area (Å²) in [6.07, 6.45) is 4.98. The van der Waals surface area contributed by atoms with Crippen molar-refractivity contribution in [2.75, 3.05) is 23.7 Å². The van der Waals surface area contributed by atoms with Gasteiger partial charge in [0, 0.05) is 36.6 Å². The maximum atomic E-state index is 10.3. The SMILES string of the molecule is Nc1nn(C2CCN(c3ncc(COC=O)cn3)CC2)c2cc(-c3ccccc3O)nnc12. The summed E-state index contributed by atoms with van der Waals surface area (Å²) in [5, 5.41) is 23.3. The summed E-state index contributed by atoms with van der Waals surface area (Å²) in [6.45, 7) is 2.06. The number of ether oxygens (including phenoxy) is 1. The number of nitrogens with zero attached hydrogens (tertiary/aromatic N) is 7. The van der Waals surface area contributed by atoms with Crippen molar-refractivity contribution >= 4 is 29.3 Å². The van der Waals surface area contributed by atoms with Crippen LogP contribution in [0.4, 0.5) is 11.8 Å². The summed E-state index contributed by atoms with van der Waals surface area (Å²) in [5.74, 6) is 1.11. The fourth-order valence-electron chi connectivity index (χ4n) is 4.08. The van der Waals surface area contributed by atoms with E-state index in [2.05, 4.69) is 30.2 Å². The lowest BCUT2D eigenvalue weighted by molar-refractivity contribution is -0.129. The van der Waals surface area contributed by atoms with Crippen LogP contribution in [0.25, 0.3) is 22.3 Å². The predicted molar refractivity (Wildman–Crippen MR) is 120 cm³/mol. The Morgan fingerprint density at radius 1 is 1.15 bits per heavy atom. The molecular formula is C22H22N8O3. The Morgan fingerprint density at radius 2 is 1.91 bits per heavy atom. The van der Waals surface area contributed by atoms with Crippen molar-refractivity contribution in [2.24, 2.45) is 0 Å². The van der Waals surface area contributed by atoms with Gasteiger partial charge in [0.05, 0.1) is 17.3 Å². The van der Waals surface area contributed by atoms with Crippen molar-refractivity contribution in [3.05, 3.63) is 48.3 Å². The van der Waals surface area contributed by atoms with Crippen LogP contribution in [0.1, 0.15) is 24.4 Å². The summed E-state index contributed by atoms with van der Waals surface area (Å²) in [7, 11) is 0. The number of fused-ring (bicyclic) bond motifs is 1. The van der Waals surface area contributed by atoms with Crippen LogP contribution in [-0.4, -0.2) is 54.6 Å². The van der Waals surface area contributed by atoms with Gasteiger partial charge in [-0.3, -0.25) is 9.48 Å². The maximum absolute atomic E-state index is 10.3. The third kappa shape index (κ3) is 4.00. The number of aromatic hydroxyl groups is 1. The van der Waals surface area contributed by atoms with Crippen LogP contribution in [0.2, 0.25) is 0 Å². The molecule has 0 bridgehead atoms. The second-order valence-electron chi connectivity index (χ2n) is 7.83. The Bertz CT molecular complexity index is 1280. The number of hydrogen-bond acceptors (Lipinski definition) is 10. The molecule has 33 heavy (non-hydrogen) atoms. The summed E-state index contributed by atoms with van der Waals surface area (Å²) < 4.78 is 6.65. The van der Waals surface area contributed by atoms with E-state index in [0.29, 0.717) is 35.0 Å². The number of aromatic nitrogens is 6. The minimum atomic E-state index is 0.128. The third-order valence-electron chi connectivity index (χ3n) is 5.76. The number of phenols is 1. The molecule has 1 aliphatic rings. The Kier molecular flexibility index (Phi) is 5.43. The van der Waals surface area contributed by atoms with Gasteiger partial charge in [0.1, 0.15) is 12.4 Å². The van der Waals surface area contributed by atoms with E-state index in [4.69, 9.17) is 10.5 Å². The fraction of sp³-hybridized carbons (Fsp3) is 0.273. The van der Waals surface area contributed by atoms with Gasteiger partial charge in [0.25, 0.3) is 6.47 Å². The summed E-state index contributed by atoms with van der Waals surface area (Å²) in [4.78, 5) is 21.2. The first-order chi connectivity index (χ1) is 16.1. The zero-order valence-corrected chi connectivity index (χ0v) is 17.7. The van der Waals surface area contributed by atoms with Crippen molar-refractivity contribution in [1.29, 1.82) is 0 Å². The van der Waals surface area contributed by atoms with Gasteiger partial charge < -0.3 is 20.5 Å². The molecule has 168 valence electrons. The number of piperidine rings is 1. The van der Waals surface area contributed by atoms with Gasteiger partial charge >= 0.3 is 0 Å². The molecule has 4 aromatic rings. The van der Waals surface area contributed by atoms with Gasteiger partial charge in [0.2, 0.25) is 5.95 Å². The first-order valence-electron chi connectivity index (χ1n) is 10.5. The minimum absolute atomic E-state index is 0.128.